The third-order valence-electron chi connectivity index (χ3n) is 4.04. The lowest BCUT2D eigenvalue weighted by molar-refractivity contribution is 0.00948. The van der Waals surface area contributed by atoms with Crippen LogP contribution in [0.1, 0.15) is 24.8 Å². The van der Waals surface area contributed by atoms with Crippen molar-refractivity contribution in [1.29, 1.82) is 0 Å². The number of benzene rings is 1. The zero-order chi connectivity index (χ0) is 11.2. The highest BCUT2D eigenvalue weighted by molar-refractivity contribution is 6.31. The maximum absolute atomic E-state index is 10.9. The monoisotopic (exact) mass is 237 g/mol. The van der Waals surface area contributed by atoms with Gasteiger partial charge in [0.2, 0.25) is 0 Å². The predicted octanol–water partition coefficient (Wildman–Crippen LogP) is 2.40. The molecule has 3 rings (SSSR count). The van der Waals surface area contributed by atoms with Crippen LogP contribution >= 0.6 is 11.6 Å². The number of aliphatic hydroxyl groups is 1. The predicted molar refractivity (Wildman–Crippen MR) is 64.6 cm³/mol. The van der Waals surface area contributed by atoms with Crippen LogP contribution in [-0.2, 0) is 5.60 Å². The number of halogens is 1. The Balaban J connectivity index is 2.02. The zero-order valence-corrected chi connectivity index (χ0v) is 9.95. The van der Waals surface area contributed by atoms with E-state index in [9.17, 15) is 5.11 Å². The maximum atomic E-state index is 10.9. The Bertz CT molecular complexity index is 409. The normalized spacial score (nSPS) is 34.2. The summed E-state index contributed by atoms with van der Waals surface area (Å²) < 4.78 is 0. The molecule has 16 heavy (non-hydrogen) atoms. The Morgan fingerprint density at radius 2 is 2.12 bits per heavy atom. The molecule has 2 saturated heterocycles. The van der Waals surface area contributed by atoms with E-state index in [4.69, 9.17) is 11.6 Å². The van der Waals surface area contributed by atoms with Gasteiger partial charge in [0, 0.05) is 23.2 Å². The van der Waals surface area contributed by atoms with Gasteiger partial charge < -0.3 is 5.11 Å². The molecule has 2 nitrogen and oxygen atoms in total. The lowest BCUT2D eigenvalue weighted by Crippen LogP contribution is -2.38. The molecule has 0 aromatic heterocycles. The molecule has 1 N–H and O–H groups in total. The van der Waals surface area contributed by atoms with E-state index in [0.29, 0.717) is 5.02 Å². The van der Waals surface area contributed by atoms with Crippen LogP contribution in [0, 0.1) is 0 Å². The van der Waals surface area contributed by atoms with Crippen molar-refractivity contribution < 1.29 is 5.11 Å². The highest BCUT2D eigenvalue weighted by atomic mass is 35.5. The quantitative estimate of drug-likeness (QED) is 0.811. The fourth-order valence-electron chi connectivity index (χ4n) is 3.24. The molecular weight excluding hydrogens is 222 g/mol. The molecule has 0 spiro atoms. The van der Waals surface area contributed by atoms with Gasteiger partial charge in [-0.05, 0) is 31.9 Å². The van der Waals surface area contributed by atoms with E-state index in [1.54, 1.807) is 0 Å². The van der Waals surface area contributed by atoms with Gasteiger partial charge in [-0.25, -0.2) is 0 Å². The van der Waals surface area contributed by atoms with E-state index in [-0.39, 0.29) is 6.04 Å². The molecule has 2 fully saturated rings. The standard InChI is InChI=1S/C13H16ClNO/c14-11-5-2-1-4-10(11)13(16)7-9-15-8-3-6-12(13)15/h1-2,4-5,12,16H,3,6-9H2. The number of nitrogens with zero attached hydrogens (tertiary/aromatic N) is 1. The van der Waals surface area contributed by atoms with E-state index in [2.05, 4.69) is 4.90 Å². The highest BCUT2D eigenvalue weighted by Crippen LogP contribution is 2.44. The van der Waals surface area contributed by atoms with Gasteiger partial charge in [-0.2, -0.15) is 0 Å². The summed E-state index contributed by atoms with van der Waals surface area (Å²) in [5.41, 5.74) is 0.181. The SMILES string of the molecule is OC1(c2ccccc2Cl)CCN2CCCC21. The summed E-state index contributed by atoms with van der Waals surface area (Å²) in [5.74, 6) is 0. The highest BCUT2D eigenvalue weighted by Gasteiger charge is 2.49. The topological polar surface area (TPSA) is 23.5 Å². The molecule has 1 aromatic rings. The Kier molecular flexibility index (Phi) is 2.46. The van der Waals surface area contributed by atoms with Crippen molar-refractivity contribution in [3.05, 3.63) is 34.9 Å². The van der Waals surface area contributed by atoms with E-state index < -0.39 is 5.60 Å². The molecule has 2 heterocycles. The van der Waals surface area contributed by atoms with Gasteiger partial charge in [0.1, 0.15) is 5.60 Å². The molecular formula is C13H16ClNO. The average molecular weight is 238 g/mol. The van der Waals surface area contributed by atoms with Gasteiger partial charge in [-0.3, -0.25) is 4.90 Å². The molecule has 2 aliphatic rings. The second-order valence-corrected chi connectivity index (χ2v) is 5.26. The van der Waals surface area contributed by atoms with Crippen molar-refractivity contribution in [2.45, 2.75) is 30.9 Å². The second-order valence-electron chi connectivity index (χ2n) is 4.85. The largest absolute Gasteiger partial charge is 0.383 e. The third kappa shape index (κ3) is 1.41. The van der Waals surface area contributed by atoms with Crippen LogP contribution in [0.25, 0.3) is 0 Å². The van der Waals surface area contributed by atoms with Crippen LogP contribution in [0.4, 0.5) is 0 Å². The maximum Gasteiger partial charge on any atom is 0.108 e. The molecule has 2 aliphatic heterocycles. The summed E-state index contributed by atoms with van der Waals surface area (Å²) in [4.78, 5) is 2.39. The van der Waals surface area contributed by atoms with Crippen LogP contribution < -0.4 is 0 Å². The summed E-state index contributed by atoms with van der Waals surface area (Å²) in [6.45, 7) is 2.11. The third-order valence-corrected chi connectivity index (χ3v) is 4.36. The first kappa shape index (κ1) is 10.6. The summed E-state index contributed by atoms with van der Waals surface area (Å²) in [5, 5.41) is 11.6. The number of fused-ring (bicyclic) bond motifs is 1. The van der Waals surface area contributed by atoms with Crippen LogP contribution in [0.2, 0.25) is 5.02 Å². The van der Waals surface area contributed by atoms with E-state index in [0.717, 1.165) is 31.5 Å². The van der Waals surface area contributed by atoms with Gasteiger partial charge in [0.15, 0.2) is 0 Å². The van der Waals surface area contributed by atoms with Crippen molar-refractivity contribution in [2.75, 3.05) is 13.1 Å². The Labute approximate surface area is 101 Å². The molecule has 0 amide bonds. The van der Waals surface area contributed by atoms with Gasteiger partial charge in [0.25, 0.3) is 0 Å². The molecule has 3 heteroatoms. The summed E-state index contributed by atoms with van der Waals surface area (Å²) in [7, 11) is 0. The molecule has 86 valence electrons. The van der Waals surface area contributed by atoms with Crippen molar-refractivity contribution >= 4 is 11.6 Å². The smallest absolute Gasteiger partial charge is 0.108 e. The first-order chi connectivity index (χ1) is 7.72. The summed E-state index contributed by atoms with van der Waals surface area (Å²) >= 11 is 6.21. The first-order valence-corrected chi connectivity index (χ1v) is 6.31. The minimum Gasteiger partial charge on any atom is -0.383 e. The average Bonchev–Trinajstić information content (AvgIpc) is 2.84. The van der Waals surface area contributed by atoms with Crippen molar-refractivity contribution in [3.63, 3.8) is 0 Å². The first-order valence-electron chi connectivity index (χ1n) is 5.93. The summed E-state index contributed by atoms with van der Waals surface area (Å²) in [6.07, 6.45) is 3.08. The number of hydrogen-bond donors (Lipinski definition) is 1. The Morgan fingerprint density at radius 1 is 1.31 bits per heavy atom. The molecule has 0 aliphatic carbocycles. The lowest BCUT2D eigenvalue weighted by atomic mass is 9.85. The van der Waals surface area contributed by atoms with Gasteiger partial charge in [0.05, 0.1) is 0 Å². The number of hydrogen-bond acceptors (Lipinski definition) is 2. The molecule has 1 aromatic carbocycles. The fraction of sp³-hybridized carbons (Fsp3) is 0.538. The van der Waals surface area contributed by atoms with E-state index in [1.807, 2.05) is 24.3 Å². The van der Waals surface area contributed by atoms with Crippen molar-refractivity contribution in [3.8, 4) is 0 Å². The zero-order valence-electron chi connectivity index (χ0n) is 9.19. The molecule has 2 unspecified atom stereocenters. The molecule has 2 atom stereocenters. The Hall–Kier alpha value is -0.570. The van der Waals surface area contributed by atoms with Crippen molar-refractivity contribution in [2.24, 2.45) is 0 Å². The molecule has 0 saturated carbocycles. The minimum absolute atomic E-state index is 0.271. The van der Waals surface area contributed by atoms with E-state index in [1.165, 1.54) is 6.42 Å². The van der Waals surface area contributed by atoms with Gasteiger partial charge in [-0.15, -0.1) is 0 Å². The van der Waals surface area contributed by atoms with Crippen LogP contribution in [0.15, 0.2) is 24.3 Å². The van der Waals surface area contributed by atoms with Crippen LogP contribution in [0.3, 0.4) is 0 Å². The van der Waals surface area contributed by atoms with Crippen LogP contribution in [-0.4, -0.2) is 29.1 Å². The minimum atomic E-state index is -0.727. The molecule has 0 bridgehead atoms. The Morgan fingerprint density at radius 3 is 2.94 bits per heavy atom. The van der Waals surface area contributed by atoms with Crippen molar-refractivity contribution in [1.82, 2.24) is 4.90 Å². The summed E-state index contributed by atoms with van der Waals surface area (Å²) in [6, 6.07) is 7.97. The molecule has 0 radical (unpaired) electrons. The number of rotatable bonds is 1. The van der Waals surface area contributed by atoms with Crippen LogP contribution in [0.5, 0.6) is 0 Å². The van der Waals surface area contributed by atoms with Gasteiger partial charge in [-0.1, -0.05) is 29.8 Å². The fourth-order valence-corrected chi connectivity index (χ4v) is 3.54. The van der Waals surface area contributed by atoms with E-state index >= 15 is 0 Å². The van der Waals surface area contributed by atoms with Gasteiger partial charge >= 0.3 is 0 Å². The lowest BCUT2D eigenvalue weighted by Gasteiger charge is -2.31. The second kappa shape index (κ2) is 3.73.